The molecular weight excluding hydrogens is 286 g/mol. The van der Waals surface area contributed by atoms with Gasteiger partial charge in [-0.25, -0.2) is 0 Å². The Morgan fingerprint density at radius 3 is 2.57 bits per heavy atom. The number of hydrogen-bond acceptors (Lipinski definition) is 4. The summed E-state index contributed by atoms with van der Waals surface area (Å²) in [5, 5.41) is 12.5. The highest BCUT2D eigenvalue weighted by Gasteiger charge is 2.12. The first-order valence-corrected chi connectivity index (χ1v) is 6.85. The Kier molecular flexibility index (Phi) is 3.35. The number of nitrogens with two attached hydrogens (primary N) is 1. The molecule has 3 rings (SSSR count). The van der Waals surface area contributed by atoms with Crippen molar-refractivity contribution in [2.24, 2.45) is 0 Å². The second-order valence-electron chi connectivity index (χ2n) is 4.96. The van der Waals surface area contributed by atoms with Crippen molar-refractivity contribution in [3.8, 4) is 17.1 Å². The van der Waals surface area contributed by atoms with Gasteiger partial charge in [0.05, 0.1) is 5.69 Å². The SMILES string of the molecule is Cc1ccc(-n2nnnc2-c2cc(N)cc(Cl)c2)cc1C. The fraction of sp³-hybridized carbons (Fsp3) is 0.133. The molecule has 3 aromatic rings. The third-order valence-corrected chi connectivity index (χ3v) is 3.60. The van der Waals surface area contributed by atoms with E-state index in [4.69, 9.17) is 17.3 Å². The Morgan fingerprint density at radius 1 is 1.05 bits per heavy atom. The van der Waals surface area contributed by atoms with Crippen LogP contribution >= 0.6 is 11.6 Å². The van der Waals surface area contributed by atoms with E-state index in [0.717, 1.165) is 11.3 Å². The molecule has 21 heavy (non-hydrogen) atoms. The highest BCUT2D eigenvalue weighted by atomic mass is 35.5. The van der Waals surface area contributed by atoms with Crippen LogP contribution in [0.5, 0.6) is 0 Å². The third kappa shape index (κ3) is 2.60. The molecule has 0 aliphatic rings. The molecule has 106 valence electrons. The number of hydrogen-bond donors (Lipinski definition) is 1. The lowest BCUT2D eigenvalue weighted by Gasteiger charge is -2.08. The van der Waals surface area contributed by atoms with E-state index >= 15 is 0 Å². The zero-order valence-corrected chi connectivity index (χ0v) is 12.5. The number of rotatable bonds is 2. The van der Waals surface area contributed by atoms with E-state index in [0.29, 0.717) is 16.5 Å². The van der Waals surface area contributed by atoms with Gasteiger partial charge in [-0.05, 0) is 65.7 Å². The first kappa shape index (κ1) is 13.6. The summed E-state index contributed by atoms with van der Waals surface area (Å²) in [4.78, 5) is 0. The average Bonchev–Trinajstić information content (AvgIpc) is 2.90. The van der Waals surface area contributed by atoms with Gasteiger partial charge in [0.1, 0.15) is 0 Å². The van der Waals surface area contributed by atoms with Crippen LogP contribution in [0.3, 0.4) is 0 Å². The van der Waals surface area contributed by atoms with Gasteiger partial charge in [0.25, 0.3) is 0 Å². The number of halogens is 1. The Hall–Kier alpha value is -2.40. The summed E-state index contributed by atoms with van der Waals surface area (Å²) in [6.45, 7) is 4.12. The van der Waals surface area contributed by atoms with Crippen LogP contribution in [0.2, 0.25) is 5.02 Å². The maximum atomic E-state index is 6.05. The molecular formula is C15H14ClN5. The molecule has 0 aliphatic carbocycles. The summed E-state index contributed by atoms with van der Waals surface area (Å²) in [6.07, 6.45) is 0. The van der Waals surface area contributed by atoms with Crippen molar-refractivity contribution in [1.29, 1.82) is 0 Å². The van der Waals surface area contributed by atoms with Crippen molar-refractivity contribution in [2.45, 2.75) is 13.8 Å². The quantitative estimate of drug-likeness (QED) is 0.738. The van der Waals surface area contributed by atoms with Crippen molar-refractivity contribution in [3.05, 3.63) is 52.5 Å². The summed E-state index contributed by atoms with van der Waals surface area (Å²) in [5.41, 5.74) is 10.5. The molecule has 5 nitrogen and oxygen atoms in total. The zero-order valence-electron chi connectivity index (χ0n) is 11.7. The van der Waals surface area contributed by atoms with Gasteiger partial charge in [0.15, 0.2) is 5.82 Å². The number of benzene rings is 2. The topological polar surface area (TPSA) is 69.6 Å². The second kappa shape index (κ2) is 5.18. The highest BCUT2D eigenvalue weighted by molar-refractivity contribution is 6.31. The number of anilines is 1. The van der Waals surface area contributed by atoms with Crippen molar-refractivity contribution >= 4 is 17.3 Å². The molecule has 1 heterocycles. The van der Waals surface area contributed by atoms with Crippen LogP contribution in [-0.4, -0.2) is 20.2 Å². The standard InChI is InChI=1S/C15H14ClN5/c1-9-3-4-14(5-10(9)2)21-15(18-19-20-21)11-6-12(16)8-13(17)7-11/h3-8H,17H2,1-2H3. The van der Waals surface area contributed by atoms with E-state index in [1.54, 1.807) is 22.9 Å². The van der Waals surface area contributed by atoms with Gasteiger partial charge in [-0.15, -0.1) is 5.10 Å². The molecule has 0 radical (unpaired) electrons. The summed E-state index contributed by atoms with van der Waals surface area (Å²) in [6, 6.07) is 11.4. The minimum absolute atomic E-state index is 0.555. The van der Waals surface area contributed by atoms with Crippen LogP contribution in [0, 0.1) is 13.8 Å². The van der Waals surface area contributed by atoms with Gasteiger partial charge in [0.2, 0.25) is 0 Å². The summed E-state index contributed by atoms with van der Waals surface area (Å²) in [5.74, 6) is 0.604. The van der Waals surface area contributed by atoms with E-state index in [1.807, 2.05) is 18.2 Å². The first-order chi connectivity index (χ1) is 10.0. The van der Waals surface area contributed by atoms with E-state index in [-0.39, 0.29) is 0 Å². The van der Waals surface area contributed by atoms with Crippen LogP contribution in [0.15, 0.2) is 36.4 Å². The lowest BCUT2D eigenvalue weighted by Crippen LogP contribution is -2.01. The van der Waals surface area contributed by atoms with E-state index in [1.165, 1.54) is 11.1 Å². The fourth-order valence-electron chi connectivity index (χ4n) is 2.14. The molecule has 6 heteroatoms. The minimum atomic E-state index is 0.555. The van der Waals surface area contributed by atoms with Crippen molar-refractivity contribution in [1.82, 2.24) is 20.2 Å². The number of nitrogen functional groups attached to an aromatic ring is 1. The van der Waals surface area contributed by atoms with Gasteiger partial charge in [-0.2, -0.15) is 4.68 Å². The van der Waals surface area contributed by atoms with E-state index in [9.17, 15) is 0 Å². The summed E-state index contributed by atoms with van der Waals surface area (Å²) >= 11 is 6.05. The number of aryl methyl sites for hydroxylation is 2. The number of aromatic nitrogens is 4. The molecule has 0 aliphatic heterocycles. The third-order valence-electron chi connectivity index (χ3n) is 3.38. The van der Waals surface area contributed by atoms with Crippen molar-refractivity contribution in [2.75, 3.05) is 5.73 Å². The molecule has 0 saturated carbocycles. The molecule has 0 unspecified atom stereocenters. The maximum absolute atomic E-state index is 6.05. The van der Waals surface area contributed by atoms with Gasteiger partial charge < -0.3 is 5.73 Å². The van der Waals surface area contributed by atoms with Crippen LogP contribution in [0.4, 0.5) is 5.69 Å². The van der Waals surface area contributed by atoms with Crippen LogP contribution in [-0.2, 0) is 0 Å². The predicted octanol–water partition coefficient (Wildman–Crippen LogP) is 3.18. The minimum Gasteiger partial charge on any atom is -0.399 e. The lowest BCUT2D eigenvalue weighted by molar-refractivity contribution is 0.790. The van der Waals surface area contributed by atoms with Crippen molar-refractivity contribution < 1.29 is 0 Å². The molecule has 0 saturated heterocycles. The Bertz CT molecular complexity index is 789. The molecule has 0 spiro atoms. The Balaban J connectivity index is 2.14. The molecule has 0 atom stereocenters. The predicted molar refractivity (Wildman–Crippen MR) is 83.5 cm³/mol. The smallest absolute Gasteiger partial charge is 0.187 e. The van der Waals surface area contributed by atoms with Gasteiger partial charge >= 0.3 is 0 Å². The molecule has 0 fully saturated rings. The summed E-state index contributed by atoms with van der Waals surface area (Å²) in [7, 11) is 0. The summed E-state index contributed by atoms with van der Waals surface area (Å²) < 4.78 is 1.68. The number of tetrazole rings is 1. The second-order valence-corrected chi connectivity index (χ2v) is 5.39. The highest BCUT2D eigenvalue weighted by Crippen LogP contribution is 2.26. The van der Waals surface area contributed by atoms with E-state index < -0.39 is 0 Å². The van der Waals surface area contributed by atoms with Crippen LogP contribution in [0.25, 0.3) is 17.1 Å². The molecule has 1 aromatic heterocycles. The molecule has 0 amide bonds. The monoisotopic (exact) mass is 299 g/mol. The molecule has 0 bridgehead atoms. The molecule has 2 N–H and O–H groups in total. The van der Waals surface area contributed by atoms with Gasteiger partial charge in [-0.3, -0.25) is 0 Å². The Labute approximate surface area is 127 Å². The van der Waals surface area contributed by atoms with E-state index in [2.05, 4.69) is 29.4 Å². The van der Waals surface area contributed by atoms with Crippen LogP contribution < -0.4 is 5.73 Å². The number of nitrogens with zero attached hydrogens (tertiary/aromatic N) is 4. The fourth-order valence-corrected chi connectivity index (χ4v) is 2.38. The Morgan fingerprint density at radius 2 is 1.86 bits per heavy atom. The van der Waals surface area contributed by atoms with Gasteiger partial charge in [-0.1, -0.05) is 17.7 Å². The first-order valence-electron chi connectivity index (χ1n) is 6.47. The van der Waals surface area contributed by atoms with Crippen LogP contribution in [0.1, 0.15) is 11.1 Å². The lowest BCUT2D eigenvalue weighted by atomic mass is 10.1. The average molecular weight is 300 g/mol. The maximum Gasteiger partial charge on any atom is 0.187 e. The largest absolute Gasteiger partial charge is 0.399 e. The molecule has 2 aromatic carbocycles. The normalized spacial score (nSPS) is 10.8. The van der Waals surface area contributed by atoms with Gasteiger partial charge in [0, 0.05) is 16.3 Å². The zero-order chi connectivity index (χ0) is 15.0. The van der Waals surface area contributed by atoms with Crippen molar-refractivity contribution in [3.63, 3.8) is 0 Å².